The summed E-state index contributed by atoms with van der Waals surface area (Å²) in [4.78, 5) is 2.04. The standard InChI is InChI=1S/C9H13NS/c1-5-6-9-7(2)10(4)8(3)11-9/h5-6,9H,2-3H2,1,4H3/b6-5+. The molecular formula is C9H13NS. The number of rotatable bonds is 1. The molecule has 1 aliphatic heterocycles. The molecule has 1 unspecified atom stereocenters. The van der Waals surface area contributed by atoms with E-state index in [4.69, 9.17) is 0 Å². The predicted octanol–water partition coefficient (Wildman–Crippen LogP) is 2.59. The lowest BCUT2D eigenvalue weighted by molar-refractivity contribution is 0.569. The van der Waals surface area contributed by atoms with Gasteiger partial charge in [-0.05, 0) is 6.92 Å². The third kappa shape index (κ3) is 1.51. The van der Waals surface area contributed by atoms with E-state index in [2.05, 4.69) is 25.3 Å². The van der Waals surface area contributed by atoms with Crippen LogP contribution in [0.4, 0.5) is 0 Å². The second kappa shape index (κ2) is 3.18. The molecule has 1 rings (SSSR count). The molecule has 1 aliphatic rings. The smallest absolute Gasteiger partial charge is 0.0685 e. The lowest BCUT2D eigenvalue weighted by atomic mass is 10.3. The zero-order valence-electron chi connectivity index (χ0n) is 7.00. The first-order chi connectivity index (χ1) is 5.16. The van der Waals surface area contributed by atoms with E-state index < -0.39 is 0 Å². The van der Waals surface area contributed by atoms with Crippen LogP contribution >= 0.6 is 11.8 Å². The minimum absolute atomic E-state index is 0.400. The van der Waals surface area contributed by atoms with Crippen molar-refractivity contribution in [2.45, 2.75) is 12.2 Å². The molecule has 60 valence electrons. The summed E-state index contributed by atoms with van der Waals surface area (Å²) in [5.74, 6) is 0. The van der Waals surface area contributed by atoms with Crippen molar-refractivity contribution in [1.82, 2.24) is 4.90 Å². The van der Waals surface area contributed by atoms with Crippen molar-refractivity contribution in [3.8, 4) is 0 Å². The first-order valence-electron chi connectivity index (χ1n) is 3.57. The maximum Gasteiger partial charge on any atom is 0.0685 e. The molecule has 0 bridgehead atoms. The van der Waals surface area contributed by atoms with E-state index in [1.165, 1.54) is 0 Å². The van der Waals surface area contributed by atoms with E-state index in [0.717, 1.165) is 10.7 Å². The third-order valence-electron chi connectivity index (χ3n) is 1.76. The molecule has 1 atom stereocenters. The van der Waals surface area contributed by atoms with Crippen molar-refractivity contribution in [1.29, 1.82) is 0 Å². The monoisotopic (exact) mass is 167 g/mol. The molecule has 2 heteroatoms. The van der Waals surface area contributed by atoms with Crippen LogP contribution in [-0.2, 0) is 0 Å². The Labute approximate surface area is 72.5 Å². The summed E-state index contributed by atoms with van der Waals surface area (Å²) in [7, 11) is 2.00. The van der Waals surface area contributed by atoms with E-state index in [9.17, 15) is 0 Å². The van der Waals surface area contributed by atoms with Gasteiger partial charge in [-0.3, -0.25) is 0 Å². The molecule has 1 fully saturated rings. The summed E-state index contributed by atoms with van der Waals surface area (Å²) < 4.78 is 0. The van der Waals surface area contributed by atoms with Crippen molar-refractivity contribution in [2.24, 2.45) is 0 Å². The van der Waals surface area contributed by atoms with Crippen LogP contribution in [0.5, 0.6) is 0 Å². The van der Waals surface area contributed by atoms with Crippen molar-refractivity contribution in [3.05, 3.63) is 36.0 Å². The van der Waals surface area contributed by atoms with Gasteiger partial charge in [0.25, 0.3) is 0 Å². The van der Waals surface area contributed by atoms with Crippen LogP contribution in [0.3, 0.4) is 0 Å². The fourth-order valence-electron chi connectivity index (χ4n) is 0.970. The van der Waals surface area contributed by atoms with Gasteiger partial charge in [-0.15, -0.1) is 0 Å². The zero-order chi connectivity index (χ0) is 8.43. The molecule has 0 aromatic rings. The van der Waals surface area contributed by atoms with Gasteiger partial charge in [0.15, 0.2) is 0 Å². The maximum absolute atomic E-state index is 3.98. The number of thioether (sulfide) groups is 1. The summed E-state index contributed by atoms with van der Waals surface area (Å²) in [6.07, 6.45) is 4.19. The summed E-state index contributed by atoms with van der Waals surface area (Å²) in [5.41, 5.74) is 1.12. The second-order valence-corrected chi connectivity index (χ2v) is 3.72. The van der Waals surface area contributed by atoms with Gasteiger partial charge in [-0.1, -0.05) is 37.1 Å². The summed E-state index contributed by atoms with van der Waals surface area (Å²) in [6, 6.07) is 0. The van der Waals surface area contributed by atoms with E-state index in [-0.39, 0.29) is 0 Å². The maximum atomic E-state index is 3.98. The Kier molecular flexibility index (Phi) is 2.45. The van der Waals surface area contributed by atoms with Crippen LogP contribution in [-0.4, -0.2) is 17.2 Å². The highest BCUT2D eigenvalue weighted by molar-refractivity contribution is 8.04. The molecule has 0 amide bonds. The van der Waals surface area contributed by atoms with Gasteiger partial charge < -0.3 is 4.90 Å². The molecule has 0 aromatic carbocycles. The van der Waals surface area contributed by atoms with Gasteiger partial charge in [0.2, 0.25) is 0 Å². The Hall–Kier alpha value is -0.630. The van der Waals surface area contributed by atoms with Crippen LogP contribution in [0.2, 0.25) is 0 Å². The minimum atomic E-state index is 0.400. The van der Waals surface area contributed by atoms with Crippen LogP contribution in [0.25, 0.3) is 0 Å². The Bertz CT molecular complexity index is 218. The average Bonchev–Trinajstić information content (AvgIpc) is 2.19. The van der Waals surface area contributed by atoms with Crippen molar-refractivity contribution >= 4 is 11.8 Å². The molecule has 0 aliphatic carbocycles. The largest absolute Gasteiger partial charge is 0.343 e. The summed E-state index contributed by atoms with van der Waals surface area (Å²) in [5, 5.41) is 1.48. The van der Waals surface area contributed by atoms with Crippen molar-refractivity contribution in [2.75, 3.05) is 7.05 Å². The predicted molar refractivity (Wildman–Crippen MR) is 52.2 cm³/mol. The fourth-order valence-corrected chi connectivity index (χ4v) is 2.07. The molecule has 0 spiro atoms. The molecule has 1 heterocycles. The Balaban J connectivity index is 2.75. The van der Waals surface area contributed by atoms with Gasteiger partial charge in [0.1, 0.15) is 0 Å². The number of hydrogen-bond acceptors (Lipinski definition) is 2. The first kappa shape index (κ1) is 8.47. The Morgan fingerprint density at radius 1 is 1.55 bits per heavy atom. The Morgan fingerprint density at radius 2 is 2.18 bits per heavy atom. The van der Waals surface area contributed by atoms with Gasteiger partial charge in [-0.2, -0.15) is 0 Å². The molecule has 1 saturated heterocycles. The topological polar surface area (TPSA) is 3.24 Å². The highest BCUT2D eigenvalue weighted by Gasteiger charge is 2.24. The lowest BCUT2D eigenvalue weighted by Gasteiger charge is -2.11. The first-order valence-corrected chi connectivity index (χ1v) is 4.45. The lowest BCUT2D eigenvalue weighted by Crippen LogP contribution is -2.10. The van der Waals surface area contributed by atoms with Crippen molar-refractivity contribution in [3.63, 3.8) is 0 Å². The van der Waals surface area contributed by atoms with Crippen molar-refractivity contribution < 1.29 is 0 Å². The van der Waals surface area contributed by atoms with E-state index in [1.807, 2.05) is 18.9 Å². The number of nitrogens with zero attached hydrogens (tertiary/aromatic N) is 1. The van der Waals surface area contributed by atoms with E-state index in [1.54, 1.807) is 11.8 Å². The molecule has 0 radical (unpaired) electrons. The molecule has 0 aromatic heterocycles. The van der Waals surface area contributed by atoms with E-state index >= 15 is 0 Å². The molecule has 11 heavy (non-hydrogen) atoms. The zero-order valence-corrected chi connectivity index (χ0v) is 7.82. The number of allylic oxidation sites excluding steroid dienone is 1. The molecule has 0 N–H and O–H groups in total. The SMILES string of the molecule is C=C1SC(/C=C/C)C(=C)N1C. The average molecular weight is 167 g/mol. The quantitative estimate of drug-likeness (QED) is 0.552. The third-order valence-corrected chi connectivity index (χ3v) is 2.99. The Morgan fingerprint density at radius 3 is 2.55 bits per heavy atom. The van der Waals surface area contributed by atoms with Gasteiger partial charge in [-0.25, -0.2) is 0 Å². The molecule has 0 saturated carbocycles. The normalized spacial score (nSPS) is 25.6. The van der Waals surface area contributed by atoms with Crippen LogP contribution in [0, 0.1) is 0 Å². The van der Waals surface area contributed by atoms with Crippen LogP contribution in [0.1, 0.15) is 6.92 Å². The van der Waals surface area contributed by atoms with E-state index in [0.29, 0.717) is 5.25 Å². The van der Waals surface area contributed by atoms with Crippen LogP contribution in [0.15, 0.2) is 36.0 Å². The summed E-state index contributed by atoms with van der Waals surface area (Å²) in [6.45, 7) is 9.91. The molecular weight excluding hydrogens is 154 g/mol. The van der Waals surface area contributed by atoms with Crippen LogP contribution < -0.4 is 0 Å². The minimum Gasteiger partial charge on any atom is -0.343 e. The van der Waals surface area contributed by atoms with Gasteiger partial charge in [0.05, 0.1) is 10.3 Å². The highest BCUT2D eigenvalue weighted by Crippen LogP contribution is 2.38. The van der Waals surface area contributed by atoms with Gasteiger partial charge in [0, 0.05) is 12.7 Å². The molecule has 1 nitrogen and oxygen atoms in total. The fraction of sp³-hybridized carbons (Fsp3) is 0.333. The number of hydrogen-bond donors (Lipinski definition) is 0. The second-order valence-electron chi connectivity index (χ2n) is 2.51. The summed E-state index contributed by atoms with van der Waals surface area (Å²) >= 11 is 1.75. The highest BCUT2D eigenvalue weighted by atomic mass is 32.2. The van der Waals surface area contributed by atoms with Gasteiger partial charge >= 0.3 is 0 Å².